The first kappa shape index (κ1) is 14.0. The molecule has 20 heavy (non-hydrogen) atoms. The zero-order chi connectivity index (χ0) is 14.4. The Morgan fingerprint density at radius 3 is 2.80 bits per heavy atom. The van der Waals surface area contributed by atoms with E-state index in [1.807, 2.05) is 12.1 Å². The molecule has 0 saturated carbocycles. The monoisotopic (exact) mass is 294 g/mol. The zero-order valence-electron chi connectivity index (χ0n) is 11.9. The van der Waals surface area contributed by atoms with Gasteiger partial charge in [0.05, 0.1) is 16.2 Å². The molecular weight excluding hydrogens is 272 g/mol. The molecule has 2 unspecified atom stereocenters. The summed E-state index contributed by atoms with van der Waals surface area (Å²) in [7, 11) is -3.15. The fourth-order valence-electron chi connectivity index (χ4n) is 3.87. The summed E-state index contributed by atoms with van der Waals surface area (Å²) in [6.45, 7) is 3.70. The topological polar surface area (TPSA) is 63.4 Å². The first-order chi connectivity index (χ1) is 9.51. The molecule has 110 valence electrons. The van der Waals surface area contributed by atoms with Gasteiger partial charge in [-0.25, -0.2) is 8.42 Å². The van der Waals surface area contributed by atoms with Crippen molar-refractivity contribution in [3.63, 3.8) is 0 Å². The standard InChI is InChI=1S/C15H22N2O2S/c1-12-5-4-9-17(12)15(11-16)8-10-20(18,19)14-7-3-2-6-13(14)15/h2-3,6-7,12H,4-5,8-11,16H2,1H3. The molecule has 0 radical (unpaired) electrons. The molecule has 0 bridgehead atoms. The molecule has 1 aromatic rings. The fraction of sp³-hybridized carbons (Fsp3) is 0.600. The van der Waals surface area contributed by atoms with Gasteiger partial charge in [0.25, 0.3) is 0 Å². The van der Waals surface area contributed by atoms with Crippen LogP contribution in [-0.2, 0) is 15.4 Å². The summed E-state index contributed by atoms with van der Waals surface area (Å²) in [6.07, 6.45) is 2.93. The summed E-state index contributed by atoms with van der Waals surface area (Å²) < 4.78 is 24.6. The number of fused-ring (bicyclic) bond motifs is 1. The van der Waals surface area contributed by atoms with Crippen molar-refractivity contribution in [3.8, 4) is 0 Å². The first-order valence-corrected chi connectivity index (χ1v) is 8.95. The number of nitrogens with zero attached hydrogens (tertiary/aromatic N) is 1. The van der Waals surface area contributed by atoms with Gasteiger partial charge in [0.2, 0.25) is 0 Å². The molecule has 4 nitrogen and oxygen atoms in total. The van der Waals surface area contributed by atoms with Gasteiger partial charge in [-0.2, -0.15) is 0 Å². The van der Waals surface area contributed by atoms with Crippen molar-refractivity contribution >= 4 is 9.84 Å². The van der Waals surface area contributed by atoms with Crippen molar-refractivity contribution in [2.45, 2.75) is 42.7 Å². The summed E-state index contributed by atoms with van der Waals surface area (Å²) in [6, 6.07) is 7.87. The molecule has 3 rings (SSSR count). The molecule has 1 saturated heterocycles. The van der Waals surface area contributed by atoms with Crippen LogP contribution in [0.3, 0.4) is 0 Å². The van der Waals surface area contributed by atoms with E-state index >= 15 is 0 Å². The number of likely N-dealkylation sites (tertiary alicyclic amines) is 1. The second-order valence-electron chi connectivity index (χ2n) is 5.99. The van der Waals surface area contributed by atoms with E-state index in [0.717, 1.165) is 24.9 Å². The average Bonchev–Trinajstić information content (AvgIpc) is 2.87. The summed E-state index contributed by atoms with van der Waals surface area (Å²) >= 11 is 0. The second-order valence-corrected chi connectivity index (χ2v) is 8.06. The second kappa shape index (κ2) is 4.83. The van der Waals surface area contributed by atoms with Crippen molar-refractivity contribution in [2.24, 2.45) is 5.73 Å². The normalized spacial score (nSPS) is 33.0. The highest BCUT2D eigenvalue weighted by Crippen LogP contribution is 2.43. The predicted octanol–water partition coefficient (Wildman–Crippen LogP) is 1.50. The van der Waals surface area contributed by atoms with Crippen molar-refractivity contribution in [3.05, 3.63) is 29.8 Å². The van der Waals surface area contributed by atoms with Crippen LogP contribution in [0.2, 0.25) is 0 Å². The van der Waals surface area contributed by atoms with Crippen LogP contribution in [0, 0.1) is 0 Å². The SMILES string of the molecule is CC1CCCN1C1(CN)CCS(=O)(=O)c2ccccc21. The Hall–Kier alpha value is -0.910. The molecule has 0 aliphatic carbocycles. The van der Waals surface area contributed by atoms with Crippen LogP contribution in [0.25, 0.3) is 0 Å². The first-order valence-electron chi connectivity index (χ1n) is 7.30. The van der Waals surface area contributed by atoms with Gasteiger partial charge < -0.3 is 5.73 Å². The van der Waals surface area contributed by atoms with E-state index in [2.05, 4.69) is 11.8 Å². The van der Waals surface area contributed by atoms with E-state index in [1.165, 1.54) is 0 Å². The molecule has 0 amide bonds. The van der Waals surface area contributed by atoms with Crippen molar-refractivity contribution < 1.29 is 8.42 Å². The Balaban J connectivity index is 2.18. The lowest BCUT2D eigenvalue weighted by Crippen LogP contribution is -2.55. The van der Waals surface area contributed by atoms with Crippen LogP contribution in [0.5, 0.6) is 0 Å². The Morgan fingerprint density at radius 2 is 2.15 bits per heavy atom. The highest BCUT2D eigenvalue weighted by molar-refractivity contribution is 7.91. The van der Waals surface area contributed by atoms with Crippen molar-refractivity contribution in [1.29, 1.82) is 0 Å². The quantitative estimate of drug-likeness (QED) is 0.898. The highest BCUT2D eigenvalue weighted by atomic mass is 32.2. The summed E-state index contributed by atoms with van der Waals surface area (Å²) in [4.78, 5) is 2.91. The molecule has 2 atom stereocenters. The van der Waals surface area contributed by atoms with Gasteiger partial charge in [-0.05, 0) is 44.4 Å². The number of hydrogen-bond acceptors (Lipinski definition) is 4. The molecule has 5 heteroatoms. The molecule has 0 aromatic heterocycles. The lowest BCUT2D eigenvalue weighted by atomic mass is 9.84. The predicted molar refractivity (Wildman–Crippen MR) is 79.2 cm³/mol. The lowest BCUT2D eigenvalue weighted by Gasteiger charge is -2.47. The van der Waals surface area contributed by atoms with E-state index < -0.39 is 9.84 Å². The smallest absolute Gasteiger partial charge is 0.178 e. The maximum atomic E-state index is 12.3. The van der Waals surface area contributed by atoms with E-state index in [-0.39, 0.29) is 11.3 Å². The molecular formula is C15H22N2O2S. The van der Waals surface area contributed by atoms with Crippen LogP contribution >= 0.6 is 0 Å². The minimum atomic E-state index is -3.15. The van der Waals surface area contributed by atoms with Gasteiger partial charge in [-0.1, -0.05) is 18.2 Å². The van der Waals surface area contributed by atoms with Crippen LogP contribution in [0.4, 0.5) is 0 Å². The van der Waals surface area contributed by atoms with E-state index in [4.69, 9.17) is 5.73 Å². The number of sulfone groups is 1. The Labute approximate surface area is 120 Å². The number of rotatable bonds is 2. The molecule has 0 spiro atoms. The zero-order valence-corrected chi connectivity index (χ0v) is 12.7. The van der Waals surface area contributed by atoms with Gasteiger partial charge in [-0.3, -0.25) is 4.90 Å². The Morgan fingerprint density at radius 1 is 1.40 bits per heavy atom. The van der Waals surface area contributed by atoms with E-state index in [0.29, 0.717) is 23.9 Å². The largest absolute Gasteiger partial charge is 0.328 e. The molecule has 2 N–H and O–H groups in total. The fourth-order valence-corrected chi connectivity index (χ4v) is 5.57. The summed E-state index contributed by atoms with van der Waals surface area (Å²) in [5.74, 6) is 0.199. The molecule has 1 aromatic carbocycles. The summed E-state index contributed by atoms with van der Waals surface area (Å²) in [5.41, 5.74) is 6.74. The maximum absolute atomic E-state index is 12.3. The summed E-state index contributed by atoms with van der Waals surface area (Å²) in [5, 5.41) is 0. The number of nitrogens with two attached hydrogens (primary N) is 1. The Bertz CT molecular complexity index is 614. The molecule has 2 aliphatic rings. The third kappa shape index (κ3) is 1.91. The van der Waals surface area contributed by atoms with Gasteiger partial charge in [-0.15, -0.1) is 0 Å². The number of hydrogen-bond donors (Lipinski definition) is 1. The van der Waals surface area contributed by atoms with Crippen LogP contribution in [0.15, 0.2) is 29.2 Å². The lowest BCUT2D eigenvalue weighted by molar-refractivity contribution is 0.0766. The average molecular weight is 294 g/mol. The third-order valence-electron chi connectivity index (χ3n) is 4.95. The van der Waals surface area contributed by atoms with Crippen molar-refractivity contribution in [2.75, 3.05) is 18.8 Å². The van der Waals surface area contributed by atoms with Gasteiger partial charge >= 0.3 is 0 Å². The minimum absolute atomic E-state index is 0.199. The van der Waals surface area contributed by atoms with E-state index in [1.54, 1.807) is 12.1 Å². The highest BCUT2D eigenvalue weighted by Gasteiger charge is 2.47. The maximum Gasteiger partial charge on any atom is 0.178 e. The molecule has 1 fully saturated rings. The van der Waals surface area contributed by atoms with Crippen LogP contribution in [0.1, 0.15) is 31.7 Å². The van der Waals surface area contributed by atoms with Crippen LogP contribution in [-0.4, -0.2) is 38.2 Å². The molecule has 2 heterocycles. The van der Waals surface area contributed by atoms with Crippen LogP contribution < -0.4 is 5.73 Å². The number of benzene rings is 1. The van der Waals surface area contributed by atoms with Crippen molar-refractivity contribution in [1.82, 2.24) is 4.90 Å². The Kier molecular flexibility index (Phi) is 3.39. The van der Waals surface area contributed by atoms with Gasteiger partial charge in [0, 0.05) is 12.6 Å². The molecule has 2 aliphatic heterocycles. The van der Waals surface area contributed by atoms with E-state index in [9.17, 15) is 8.42 Å². The third-order valence-corrected chi connectivity index (χ3v) is 6.72. The van der Waals surface area contributed by atoms with Gasteiger partial charge in [0.15, 0.2) is 9.84 Å². The van der Waals surface area contributed by atoms with Gasteiger partial charge in [0.1, 0.15) is 0 Å². The minimum Gasteiger partial charge on any atom is -0.328 e.